The van der Waals surface area contributed by atoms with Crippen molar-refractivity contribution in [1.29, 1.82) is 5.26 Å². The summed E-state index contributed by atoms with van der Waals surface area (Å²) in [4.78, 5) is 15.6. The molecule has 164 valence electrons. The van der Waals surface area contributed by atoms with E-state index in [0.717, 1.165) is 6.07 Å². The van der Waals surface area contributed by atoms with Crippen molar-refractivity contribution in [2.45, 2.75) is 12.6 Å². The van der Waals surface area contributed by atoms with Gasteiger partial charge in [0.25, 0.3) is 0 Å². The Labute approximate surface area is 181 Å². The second kappa shape index (κ2) is 9.43. The molecule has 0 spiro atoms. The Morgan fingerprint density at radius 3 is 2.32 bits per heavy atom. The first-order chi connectivity index (χ1) is 14.7. The third-order valence-electron chi connectivity index (χ3n) is 4.90. The highest BCUT2D eigenvalue weighted by molar-refractivity contribution is 6.31. The fraction of sp³-hybridized carbons (Fsp3) is 0.333. The van der Waals surface area contributed by atoms with Crippen LogP contribution in [0.2, 0.25) is 5.02 Å². The highest BCUT2D eigenvalue weighted by Gasteiger charge is 2.38. The summed E-state index contributed by atoms with van der Waals surface area (Å²) in [7, 11) is 0. The number of alkyl halides is 3. The van der Waals surface area contributed by atoms with Gasteiger partial charge in [0.15, 0.2) is 0 Å². The molecule has 2 aromatic carbocycles. The number of benzene rings is 2. The summed E-state index contributed by atoms with van der Waals surface area (Å²) in [5.74, 6) is -0.0930. The first-order valence-electron chi connectivity index (χ1n) is 9.41. The van der Waals surface area contributed by atoms with Gasteiger partial charge in [-0.3, -0.25) is 4.79 Å². The van der Waals surface area contributed by atoms with Gasteiger partial charge in [-0.2, -0.15) is 18.4 Å². The van der Waals surface area contributed by atoms with Crippen LogP contribution in [0.3, 0.4) is 0 Å². The van der Waals surface area contributed by atoms with Crippen molar-refractivity contribution in [2.24, 2.45) is 0 Å². The van der Waals surface area contributed by atoms with E-state index in [1.54, 1.807) is 15.9 Å². The molecular formula is C21H18ClF4N3O2. The molecule has 0 unspecified atom stereocenters. The SMILES string of the molecule is N#Cc1c(N2CCN(C(=O)CCOc3ccc(F)cc3)CC2)ccc(Cl)c1C(F)(F)F. The Hall–Kier alpha value is -2.99. The lowest BCUT2D eigenvalue weighted by molar-refractivity contribution is -0.137. The van der Waals surface area contributed by atoms with Crippen LogP contribution in [0.1, 0.15) is 17.5 Å². The third kappa shape index (κ3) is 5.39. The summed E-state index contributed by atoms with van der Waals surface area (Å²) in [6, 6.07) is 9.59. The Balaban J connectivity index is 1.59. The number of amides is 1. The lowest BCUT2D eigenvalue weighted by atomic mass is 10.0. The molecule has 0 atom stereocenters. The second-order valence-corrected chi connectivity index (χ2v) is 7.25. The summed E-state index contributed by atoms with van der Waals surface area (Å²) in [6.07, 6.45) is -4.64. The van der Waals surface area contributed by atoms with Crippen molar-refractivity contribution < 1.29 is 27.1 Å². The average Bonchev–Trinajstić information content (AvgIpc) is 2.74. The molecule has 10 heteroatoms. The molecule has 1 amide bonds. The normalized spacial score (nSPS) is 14.3. The monoisotopic (exact) mass is 455 g/mol. The summed E-state index contributed by atoms with van der Waals surface area (Å²) in [5.41, 5.74) is -1.52. The first kappa shape index (κ1) is 22.7. The molecule has 1 fully saturated rings. The van der Waals surface area contributed by atoms with Gasteiger partial charge in [-0.05, 0) is 36.4 Å². The first-order valence-corrected chi connectivity index (χ1v) is 9.79. The maximum Gasteiger partial charge on any atom is 0.419 e. The fourth-order valence-electron chi connectivity index (χ4n) is 3.36. The van der Waals surface area contributed by atoms with Gasteiger partial charge in [0.1, 0.15) is 17.6 Å². The summed E-state index contributed by atoms with van der Waals surface area (Å²) < 4.78 is 58.3. The van der Waals surface area contributed by atoms with Crippen LogP contribution in [0.15, 0.2) is 36.4 Å². The van der Waals surface area contributed by atoms with Crippen LogP contribution >= 0.6 is 11.6 Å². The predicted octanol–water partition coefficient (Wildman–Crippen LogP) is 4.49. The van der Waals surface area contributed by atoms with E-state index in [1.165, 1.54) is 30.3 Å². The number of nitrogens with zero attached hydrogens (tertiary/aromatic N) is 3. The zero-order valence-corrected chi connectivity index (χ0v) is 17.0. The smallest absolute Gasteiger partial charge is 0.419 e. The number of rotatable bonds is 5. The molecule has 0 aliphatic carbocycles. The van der Waals surface area contributed by atoms with Crippen LogP contribution in [0.5, 0.6) is 5.75 Å². The molecular weight excluding hydrogens is 438 g/mol. The summed E-state index contributed by atoms with van der Waals surface area (Å²) >= 11 is 5.70. The molecule has 0 N–H and O–H groups in total. The molecule has 1 aliphatic rings. The zero-order valence-electron chi connectivity index (χ0n) is 16.3. The molecule has 0 radical (unpaired) electrons. The van der Waals surface area contributed by atoms with E-state index >= 15 is 0 Å². The van der Waals surface area contributed by atoms with Gasteiger partial charge in [-0.25, -0.2) is 4.39 Å². The number of nitriles is 1. The van der Waals surface area contributed by atoms with E-state index < -0.39 is 22.3 Å². The minimum atomic E-state index is -4.75. The van der Waals surface area contributed by atoms with E-state index in [-0.39, 0.29) is 43.5 Å². The number of hydrogen-bond donors (Lipinski definition) is 0. The molecule has 31 heavy (non-hydrogen) atoms. The van der Waals surface area contributed by atoms with Crippen LogP contribution in [0.25, 0.3) is 0 Å². The largest absolute Gasteiger partial charge is 0.493 e. The van der Waals surface area contributed by atoms with Crippen LogP contribution in [-0.2, 0) is 11.0 Å². The van der Waals surface area contributed by atoms with Gasteiger partial charge in [0, 0.05) is 26.2 Å². The van der Waals surface area contributed by atoms with E-state index in [4.69, 9.17) is 16.3 Å². The van der Waals surface area contributed by atoms with Gasteiger partial charge in [-0.1, -0.05) is 11.6 Å². The third-order valence-corrected chi connectivity index (χ3v) is 5.21. The lowest BCUT2D eigenvalue weighted by Crippen LogP contribution is -2.49. The van der Waals surface area contributed by atoms with Crippen molar-refractivity contribution in [3.05, 3.63) is 58.4 Å². The highest BCUT2D eigenvalue weighted by Crippen LogP contribution is 2.40. The van der Waals surface area contributed by atoms with Gasteiger partial charge >= 0.3 is 6.18 Å². The number of hydrogen-bond acceptors (Lipinski definition) is 4. The van der Waals surface area contributed by atoms with Crippen molar-refractivity contribution in [2.75, 3.05) is 37.7 Å². The predicted molar refractivity (Wildman–Crippen MR) is 106 cm³/mol. The van der Waals surface area contributed by atoms with Crippen LogP contribution < -0.4 is 9.64 Å². The van der Waals surface area contributed by atoms with Gasteiger partial charge < -0.3 is 14.5 Å². The lowest BCUT2D eigenvalue weighted by Gasteiger charge is -2.37. The van der Waals surface area contributed by atoms with Crippen LogP contribution in [0.4, 0.5) is 23.2 Å². The minimum absolute atomic E-state index is 0.111. The number of ether oxygens (including phenoxy) is 1. The number of carbonyl (C=O) groups excluding carboxylic acids is 1. The van der Waals surface area contributed by atoms with E-state index in [1.807, 2.05) is 0 Å². The maximum absolute atomic E-state index is 13.3. The van der Waals surface area contributed by atoms with Gasteiger partial charge in [-0.15, -0.1) is 0 Å². The zero-order chi connectivity index (χ0) is 22.6. The topological polar surface area (TPSA) is 56.6 Å². The Morgan fingerprint density at radius 1 is 1.10 bits per heavy atom. The van der Waals surface area contributed by atoms with E-state index in [9.17, 15) is 27.6 Å². The number of anilines is 1. The molecule has 1 saturated heterocycles. The quantitative estimate of drug-likeness (QED) is 0.623. The maximum atomic E-state index is 13.3. The average molecular weight is 456 g/mol. The van der Waals surface area contributed by atoms with Crippen molar-refractivity contribution in [3.8, 4) is 11.8 Å². The van der Waals surface area contributed by atoms with Gasteiger partial charge in [0.2, 0.25) is 5.91 Å². The molecule has 3 rings (SSSR count). The van der Waals surface area contributed by atoms with E-state index in [0.29, 0.717) is 18.8 Å². The fourth-order valence-corrected chi connectivity index (χ4v) is 3.63. The molecule has 2 aromatic rings. The number of carbonyl (C=O) groups is 1. The van der Waals surface area contributed by atoms with Crippen molar-refractivity contribution in [3.63, 3.8) is 0 Å². The standard InChI is InChI=1S/C21H18ClF4N3O2/c22-17-5-6-18(16(13-27)20(17)21(24,25)26)28-8-10-29(11-9-28)19(30)7-12-31-15-3-1-14(23)2-4-15/h1-6H,7-12H2. The van der Waals surface area contributed by atoms with Crippen molar-refractivity contribution >= 4 is 23.2 Å². The molecule has 1 heterocycles. The molecule has 0 bridgehead atoms. The van der Waals surface area contributed by atoms with Gasteiger partial charge in [0.05, 0.1) is 34.9 Å². The summed E-state index contributed by atoms with van der Waals surface area (Å²) in [6.45, 7) is 1.26. The molecule has 5 nitrogen and oxygen atoms in total. The number of piperazine rings is 1. The number of halogens is 5. The Bertz CT molecular complexity index is 982. The second-order valence-electron chi connectivity index (χ2n) is 6.85. The minimum Gasteiger partial charge on any atom is -0.493 e. The van der Waals surface area contributed by atoms with Crippen LogP contribution in [-0.4, -0.2) is 43.6 Å². The molecule has 1 aliphatic heterocycles. The summed E-state index contributed by atoms with van der Waals surface area (Å²) in [5, 5.41) is 8.80. The highest BCUT2D eigenvalue weighted by atomic mass is 35.5. The Kier molecular flexibility index (Phi) is 6.91. The van der Waals surface area contributed by atoms with Crippen LogP contribution in [0, 0.1) is 17.1 Å². The molecule has 0 saturated carbocycles. The Morgan fingerprint density at radius 2 is 1.74 bits per heavy atom. The van der Waals surface area contributed by atoms with Crippen molar-refractivity contribution in [1.82, 2.24) is 4.90 Å². The van der Waals surface area contributed by atoms with E-state index in [2.05, 4.69) is 0 Å². The molecule has 0 aromatic heterocycles.